The second-order valence-corrected chi connectivity index (χ2v) is 6.37. The summed E-state index contributed by atoms with van der Waals surface area (Å²) >= 11 is 0. The predicted octanol–water partition coefficient (Wildman–Crippen LogP) is 4.00. The Kier molecular flexibility index (Phi) is 6.10. The number of anilines is 1. The largest absolute Gasteiger partial charge is 0.389 e. The number of amides is 2. The van der Waals surface area contributed by atoms with Crippen LogP contribution in [0.25, 0.3) is 0 Å². The first-order chi connectivity index (χ1) is 11.3. The van der Waals surface area contributed by atoms with Gasteiger partial charge in [0.1, 0.15) is 0 Å². The topological polar surface area (TPSA) is 61.4 Å². The number of urea groups is 1. The monoisotopic (exact) mass is 344 g/mol. The van der Waals surface area contributed by atoms with E-state index in [0.29, 0.717) is 24.1 Å². The lowest BCUT2D eigenvalue weighted by Gasteiger charge is -2.32. The maximum atomic E-state index is 12.4. The standard InChI is InChI=1S/C17H23F3N2O2/c18-17(19,20)11-8-13-6-2-3-7-14(13)22-15(23)21-12-16(24)9-4-1-5-10-16/h2-3,6-7,24H,1,4-5,8-12H2,(H2,21,22,23). The molecule has 1 aromatic rings. The van der Waals surface area contributed by atoms with E-state index in [1.165, 1.54) is 0 Å². The van der Waals surface area contributed by atoms with Gasteiger partial charge in [0.2, 0.25) is 0 Å². The zero-order chi connectivity index (χ0) is 17.6. The second kappa shape index (κ2) is 7.88. The lowest BCUT2D eigenvalue weighted by atomic mass is 9.85. The van der Waals surface area contributed by atoms with Crippen LogP contribution >= 0.6 is 0 Å². The van der Waals surface area contributed by atoms with Crippen LogP contribution in [-0.2, 0) is 6.42 Å². The van der Waals surface area contributed by atoms with E-state index in [2.05, 4.69) is 10.6 Å². The molecule has 1 saturated carbocycles. The summed E-state index contributed by atoms with van der Waals surface area (Å²) in [7, 11) is 0. The molecule has 7 heteroatoms. The van der Waals surface area contributed by atoms with Crippen molar-refractivity contribution in [2.24, 2.45) is 0 Å². The molecule has 0 bridgehead atoms. The molecule has 0 aliphatic heterocycles. The van der Waals surface area contributed by atoms with E-state index in [0.717, 1.165) is 19.3 Å². The third-order valence-corrected chi connectivity index (χ3v) is 4.31. The maximum Gasteiger partial charge on any atom is 0.389 e. The minimum atomic E-state index is -4.24. The summed E-state index contributed by atoms with van der Waals surface area (Å²) in [4.78, 5) is 12.0. The molecule has 0 heterocycles. The predicted molar refractivity (Wildman–Crippen MR) is 85.9 cm³/mol. The van der Waals surface area contributed by atoms with Gasteiger partial charge in [-0.15, -0.1) is 0 Å². The van der Waals surface area contributed by atoms with Gasteiger partial charge < -0.3 is 15.7 Å². The first-order valence-corrected chi connectivity index (χ1v) is 8.19. The Bertz CT molecular complexity index is 555. The van der Waals surface area contributed by atoms with E-state index in [-0.39, 0.29) is 13.0 Å². The van der Waals surface area contributed by atoms with E-state index >= 15 is 0 Å². The number of aliphatic hydroxyl groups is 1. The van der Waals surface area contributed by atoms with Crippen LogP contribution in [0.15, 0.2) is 24.3 Å². The number of rotatable bonds is 5. The molecule has 2 amide bonds. The Balaban J connectivity index is 1.89. The number of hydrogen-bond acceptors (Lipinski definition) is 2. The summed E-state index contributed by atoms with van der Waals surface area (Å²) in [5.74, 6) is 0. The van der Waals surface area contributed by atoms with Crippen molar-refractivity contribution in [2.45, 2.75) is 56.7 Å². The summed E-state index contributed by atoms with van der Waals surface area (Å²) in [6, 6.07) is 5.91. The summed E-state index contributed by atoms with van der Waals surface area (Å²) < 4.78 is 37.1. The van der Waals surface area contributed by atoms with Crippen LogP contribution in [0.3, 0.4) is 0 Å². The van der Waals surface area contributed by atoms with Gasteiger partial charge >= 0.3 is 12.2 Å². The van der Waals surface area contributed by atoms with Crippen LogP contribution in [0.2, 0.25) is 0 Å². The van der Waals surface area contributed by atoms with Crippen molar-refractivity contribution in [3.8, 4) is 0 Å². The number of carbonyl (C=O) groups excluding carboxylic acids is 1. The second-order valence-electron chi connectivity index (χ2n) is 6.37. The Morgan fingerprint density at radius 3 is 2.50 bits per heavy atom. The molecule has 0 spiro atoms. The number of hydrogen-bond donors (Lipinski definition) is 3. The van der Waals surface area contributed by atoms with Crippen molar-refractivity contribution in [3.05, 3.63) is 29.8 Å². The Morgan fingerprint density at radius 1 is 1.17 bits per heavy atom. The highest BCUT2D eigenvalue weighted by atomic mass is 19.4. The highest BCUT2D eigenvalue weighted by Gasteiger charge is 2.30. The number of para-hydroxylation sites is 1. The molecule has 3 N–H and O–H groups in total. The molecule has 0 atom stereocenters. The van der Waals surface area contributed by atoms with Crippen molar-refractivity contribution >= 4 is 11.7 Å². The van der Waals surface area contributed by atoms with Crippen molar-refractivity contribution in [2.75, 3.05) is 11.9 Å². The molecule has 1 aliphatic rings. The molecule has 1 aromatic carbocycles. The number of carbonyl (C=O) groups is 1. The summed E-state index contributed by atoms with van der Waals surface area (Å²) in [6.07, 6.45) is -1.12. The van der Waals surface area contributed by atoms with Crippen molar-refractivity contribution in [3.63, 3.8) is 0 Å². The van der Waals surface area contributed by atoms with Gasteiger partial charge in [0.25, 0.3) is 0 Å². The lowest BCUT2D eigenvalue weighted by molar-refractivity contribution is -0.133. The average Bonchev–Trinajstić information content (AvgIpc) is 2.52. The van der Waals surface area contributed by atoms with E-state index in [1.54, 1.807) is 24.3 Å². The molecule has 1 fully saturated rings. The van der Waals surface area contributed by atoms with Gasteiger partial charge in [0, 0.05) is 18.7 Å². The van der Waals surface area contributed by atoms with Gasteiger partial charge in [-0.3, -0.25) is 0 Å². The van der Waals surface area contributed by atoms with E-state index in [4.69, 9.17) is 0 Å². The Hall–Kier alpha value is -1.76. The number of aryl methyl sites for hydroxylation is 1. The van der Waals surface area contributed by atoms with Crippen LogP contribution in [0, 0.1) is 0 Å². The van der Waals surface area contributed by atoms with Gasteiger partial charge in [-0.05, 0) is 30.9 Å². The molecule has 134 valence electrons. The fraction of sp³-hybridized carbons (Fsp3) is 0.588. The highest BCUT2D eigenvalue weighted by Crippen LogP contribution is 2.27. The summed E-state index contributed by atoms with van der Waals surface area (Å²) in [6.45, 7) is 0.142. The van der Waals surface area contributed by atoms with Crippen LogP contribution in [-0.4, -0.2) is 29.5 Å². The number of benzene rings is 1. The van der Waals surface area contributed by atoms with Crippen LogP contribution in [0.4, 0.5) is 23.7 Å². The first-order valence-electron chi connectivity index (χ1n) is 8.19. The third-order valence-electron chi connectivity index (χ3n) is 4.31. The Morgan fingerprint density at radius 2 is 1.83 bits per heavy atom. The molecule has 0 radical (unpaired) electrons. The average molecular weight is 344 g/mol. The number of alkyl halides is 3. The van der Waals surface area contributed by atoms with Crippen LogP contribution in [0.5, 0.6) is 0 Å². The van der Waals surface area contributed by atoms with Crippen molar-refractivity contribution in [1.29, 1.82) is 0 Å². The van der Waals surface area contributed by atoms with Crippen molar-refractivity contribution in [1.82, 2.24) is 5.32 Å². The lowest BCUT2D eigenvalue weighted by Crippen LogP contribution is -2.45. The van der Waals surface area contributed by atoms with E-state index in [1.807, 2.05) is 0 Å². The van der Waals surface area contributed by atoms with Gasteiger partial charge in [-0.1, -0.05) is 37.5 Å². The van der Waals surface area contributed by atoms with Crippen LogP contribution < -0.4 is 10.6 Å². The zero-order valence-electron chi connectivity index (χ0n) is 13.5. The van der Waals surface area contributed by atoms with Gasteiger partial charge in [0.15, 0.2) is 0 Å². The SMILES string of the molecule is O=C(NCC1(O)CCCCC1)Nc1ccccc1CCC(F)(F)F. The first kappa shape index (κ1) is 18.6. The minimum Gasteiger partial charge on any atom is -0.388 e. The highest BCUT2D eigenvalue weighted by molar-refractivity contribution is 5.90. The van der Waals surface area contributed by atoms with Gasteiger partial charge in [-0.25, -0.2) is 4.79 Å². The van der Waals surface area contributed by atoms with Crippen LogP contribution in [0.1, 0.15) is 44.1 Å². The molecule has 4 nitrogen and oxygen atoms in total. The number of halogens is 3. The quantitative estimate of drug-likeness (QED) is 0.756. The Labute approximate surface area is 139 Å². The molecule has 24 heavy (non-hydrogen) atoms. The number of nitrogens with one attached hydrogen (secondary N) is 2. The molecule has 0 saturated heterocycles. The summed E-state index contributed by atoms with van der Waals surface area (Å²) in [5, 5.41) is 15.5. The summed E-state index contributed by atoms with van der Waals surface area (Å²) in [5.41, 5.74) is -0.0954. The molecule has 2 rings (SSSR count). The van der Waals surface area contributed by atoms with E-state index in [9.17, 15) is 23.1 Å². The third kappa shape index (κ3) is 6.03. The van der Waals surface area contributed by atoms with Crippen molar-refractivity contribution < 1.29 is 23.1 Å². The maximum absolute atomic E-state index is 12.4. The molecule has 0 aromatic heterocycles. The minimum absolute atomic E-state index is 0.142. The fourth-order valence-corrected chi connectivity index (χ4v) is 2.93. The van der Waals surface area contributed by atoms with E-state index < -0.39 is 24.2 Å². The molecular formula is C17H23F3N2O2. The molecular weight excluding hydrogens is 321 g/mol. The zero-order valence-corrected chi connectivity index (χ0v) is 13.5. The molecule has 1 aliphatic carbocycles. The van der Waals surface area contributed by atoms with Gasteiger partial charge in [-0.2, -0.15) is 13.2 Å². The fourth-order valence-electron chi connectivity index (χ4n) is 2.93. The normalized spacial score (nSPS) is 17.3. The smallest absolute Gasteiger partial charge is 0.388 e. The van der Waals surface area contributed by atoms with Gasteiger partial charge in [0.05, 0.1) is 5.60 Å². The molecule has 0 unspecified atom stereocenters.